The van der Waals surface area contributed by atoms with Gasteiger partial charge in [0.25, 0.3) is 0 Å². The number of methoxy groups -OCH3 is 1. The Morgan fingerprint density at radius 1 is 1.43 bits per heavy atom. The van der Waals surface area contributed by atoms with Crippen molar-refractivity contribution in [3.05, 3.63) is 35.4 Å². The highest BCUT2D eigenvalue weighted by atomic mass is 16.5. The maximum Gasteiger partial charge on any atom is 0.356 e. The Morgan fingerprint density at radius 3 is 3.00 bits per heavy atom. The number of hydrogen-bond donors (Lipinski definition) is 0. The summed E-state index contributed by atoms with van der Waals surface area (Å²) in [5.41, 5.74) is 2.53. The lowest BCUT2D eigenvalue weighted by atomic mass is 9.98. The lowest BCUT2D eigenvalue weighted by Crippen LogP contribution is -2.22. The molecule has 0 saturated heterocycles. The first kappa shape index (κ1) is 8.94. The van der Waals surface area contributed by atoms with Crippen LogP contribution in [-0.2, 0) is 16.0 Å². The zero-order valence-corrected chi connectivity index (χ0v) is 7.99. The Kier molecular flexibility index (Phi) is 2.31. The van der Waals surface area contributed by atoms with Gasteiger partial charge in [0.1, 0.15) is 0 Å². The standard InChI is InChI=1S/C11H11NO2/c1-14-11(13)10-9-5-3-2-4-8(9)6-7-12-10/h2-5H,6-7H2,1H3. The third kappa shape index (κ3) is 1.41. The second-order valence-electron chi connectivity index (χ2n) is 3.13. The Morgan fingerprint density at radius 2 is 2.21 bits per heavy atom. The predicted octanol–water partition coefficient (Wildman–Crippen LogP) is 1.20. The van der Waals surface area contributed by atoms with E-state index in [1.807, 2.05) is 24.3 Å². The van der Waals surface area contributed by atoms with Crippen molar-refractivity contribution in [3.8, 4) is 0 Å². The van der Waals surface area contributed by atoms with Crippen LogP contribution in [0.25, 0.3) is 0 Å². The van der Waals surface area contributed by atoms with E-state index in [4.69, 9.17) is 0 Å². The van der Waals surface area contributed by atoms with E-state index in [0.717, 1.165) is 12.0 Å². The summed E-state index contributed by atoms with van der Waals surface area (Å²) in [5.74, 6) is -0.350. The van der Waals surface area contributed by atoms with Crippen molar-refractivity contribution in [2.24, 2.45) is 4.99 Å². The molecule has 3 heteroatoms. The van der Waals surface area contributed by atoms with E-state index in [9.17, 15) is 4.79 Å². The highest BCUT2D eigenvalue weighted by Gasteiger charge is 2.19. The van der Waals surface area contributed by atoms with E-state index in [1.54, 1.807) is 0 Å². The van der Waals surface area contributed by atoms with Crippen molar-refractivity contribution in [3.63, 3.8) is 0 Å². The molecule has 3 nitrogen and oxygen atoms in total. The molecule has 0 spiro atoms. The van der Waals surface area contributed by atoms with Gasteiger partial charge in [-0.25, -0.2) is 4.79 Å². The molecular weight excluding hydrogens is 178 g/mol. The fourth-order valence-electron chi connectivity index (χ4n) is 1.61. The topological polar surface area (TPSA) is 38.7 Å². The molecule has 0 amide bonds. The summed E-state index contributed by atoms with van der Waals surface area (Å²) >= 11 is 0. The van der Waals surface area contributed by atoms with Gasteiger partial charge in [0.2, 0.25) is 0 Å². The van der Waals surface area contributed by atoms with E-state index >= 15 is 0 Å². The largest absolute Gasteiger partial charge is 0.464 e. The molecule has 0 N–H and O–H groups in total. The van der Waals surface area contributed by atoms with Gasteiger partial charge < -0.3 is 4.74 Å². The number of esters is 1. The predicted molar refractivity (Wildman–Crippen MR) is 53.6 cm³/mol. The van der Waals surface area contributed by atoms with Crippen molar-refractivity contribution >= 4 is 11.7 Å². The molecule has 0 saturated carbocycles. The third-order valence-electron chi connectivity index (χ3n) is 2.30. The van der Waals surface area contributed by atoms with E-state index in [0.29, 0.717) is 12.3 Å². The quantitative estimate of drug-likeness (QED) is 0.623. The lowest BCUT2D eigenvalue weighted by Gasteiger charge is -2.14. The number of rotatable bonds is 1. The molecule has 1 heterocycles. The molecular formula is C11H11NO2. The molecule has 0 unspecified atom stereocenters. The second-order valence-corrected chi connectivity index (χ2v) is 3.13. The maximum absolute atomic E-state index is 11.4. The Balaban J connectivity index is 2.45. The van der Waals surface area contributed by atoms with Crippen LogP contribution in [0, 0.1) is 0 Å². The monoisotopic (exact) mass is 189 g/mol. The number of hydrogen-bond acceptors (Lipinski definition) is 3. The summed E-state index contributed by atoms with van der Waals surface area (Å²) in [7, 11) is 1.38. The summed E-state index contributed by atoms with van der Waals surface area (Å²) in [6, 6.07) is 7.80. The molecule has 0 atom stereocenters. The van der Waals surface area contributed by atoms with Gasteiger partial charge in [-0.1, -0.05) is 24.3 Å². The van der Waals surface area contributed by atoms with E-state index in [1.165, 1.54) is 12.7 Å². The first-order valence-corrected chi connectivity index (χ1v) is 4.54. The van der Waals surface area contributed by atoms with Gasteiger partial charge in [0.15, 0.2) is 5.71 Å². The fraction of sp³-hybridized carbons (Fsp3) is 0.273. The normalized spacial score (nSPS) is 14.2. The smallest absolute Gasteiger partial charge is 0.356 e. The fourth-order valence-corrected chi connectivity index (χ4v) is 1.61. The SMILES string of the molecule is COC(=O)C1=NCCc2ccccc21. The van der Waals surface area contributed by atoms with Crippen LogP contribution in [0.1, 0.15) is 11.1 Å². The molecule has 1 aliphatic rings. The van der Waals surface area contributed by atoms with Crippen molar-refractivity contribution in [2.45, 2.75) is 6.42 Å². The average molecular weight is 189 g/mol. The van der Waals surface area contributed by atoms with Gasteiger partial charge in [-0.2, -0.15) is 0 Å². The number of carbonyl (C=O) groups is 1. The number of carbonyl (C=O) groups excluding carboxylic acids is 1. The zero-order valence-electron chi connectivity index (χ0n) is 7.99. The number of aliphatic imine (C=N–C) groups is 1. The van der Waals surface area contributed by atoms with Gasteiger partial charge in [-0.15, -0.1) is 0 Å². The molecule has 2 rings (SSSR count). The minimum absolute atomic E-state index is 0.350. The summed E-state index contributed by atoms with van der Waals surface area (Å²) in [6.07, 6.45) is 0.899. The van der Waals surface area contributed by atoms with Crippen LogP contribution >= 0.6 is 0 Å². The van der Waals surface area contributed by atoms with Crippen LogP contribution in [0.2, 0.25) is 0 Å². The summed E-state index contributed by atoms with van der Waals surface area (Å²) in [6.45, 7) is 0.668. The highest BCUT2D eigenvalue weighted by molar-refractivity contribution is 6.43. The Bertz CT molecular complexity index is 396. The molecule has 0 aromatic heterocycles. The zero-order chi connectivity index (χ0) is 9.97. The molecule has 0 aliphatic carbocycles. The van der Waals surface area contributed by atoms with Crippen LogP contribution < -0.4 is 0 Å². The molecule has 0 radical (unpaired) electrons. The van der Waals surface area contributed by atoms with Crippen LogP contribution in [0.15, 0.2) is 29.3 Å². The van der Waals surface area contributed by atoms with Gasteiger partial charge in [-0.05, 0) is 12.0 Å². The Labute approximate surface area is 82.4 Å². The Hall–Kier alpha value is -1.64. The maximum atomic E-state index is 11.4. The molecule has 0 bridgehead atoms. The summed E-state index contributed by atoms with van der Waals surface area (Å²) in [4.78, 5) is 15.6. The molecule has 72 valence electrons. The third-order valence-corrected chi connectivity index (χ3v) is 2.30. The van der Waals surface area contributed by atoms with Crippen LogP contribution in [0.3, 0.4) is 0 Å². The minimum Gasteiger partial charge on any atom is -0.464 e. The summed E-state index contributed by atoms with van der Waals surface area (Å²) < 4.78 is 4.68. The van der Waals surface area contributed by atoms with Crippen LogP contribution in [0.5, 0.6) is 0 Å². The van der Waals surface area contributed by atoms with E-state index < -0.39 is 0 Å². The lowest BCUT2D eigenvalue weighted by molar-refractivity contribution is -0.132. The second kappa shape index (κ2) is 3.62. The number of fused-ring (bicyclic) bond motifs is 1. The molecule has 1 aliphatic heterocycles. The highest BCUT2D eigenvalue weighted by Crippen LogP contribution is 2.16. The van der Waals surface area contributed by atoms with Crippen LogP contribution in [0.4, 0.5) is 0 Å². The van der Waals surface area contributed by atoms with Crippen molar-refractivity contribution in [2.75, 3.05) is 13.7 Å². The molecule has 14 heavy (non-hydrogen) atoms. The molecule has 1 aromatic rings. The molecule has 1 aromatic carbocycles. The van der Waals surface area contributed by atoms with E-state index in [-0.39, 0.29) is 5.97 Å². The van der Waals surface area contributed by atoms with Gasteiger partial charge in [-0.3, -0.25) is 4.99 Å². The number of ether oxygens (including phenoxy) is 1. The average Bonchev–Trinajstić information content (AvgIpc) is 2.27. The van der Waals surface area contributed by atoms with Gasteiger partial charge in [0.05, 0.1) is 7.11 Å². The first-order valence-electron chi connectivity index (χ1n) is 4.54. The van der Waals surface area contributed by atoms with Crippen molar-refractivity contribution < 1.29 is 9.53 Å². The molecule has 0 fully saturated rings. The van der Waals surface area contributed by atoms with Crippen molar-refractivity contribution in [1.82, 2.24) is 0 Å². The van der Waals surface area contributed by atoms with Gasteiger partial charge in [0, 0.05) is 12.1 Å². The van der Waals surface area contributed by atoms with E-state index in [2.05, 4.69) is 9.73 Å². The number of nitrogens with zero attached hydrogens (tertiary/aromatic N) is 1. The van der Waals surface area contributed by atoms with Crippen LogP contribution in [-0.4, -0.2) is 25.3 Å². The van der Waals surface area contributed by atoms with Crippen molar-refractivity contribution in [1.29, 1.82) is 0 Å². The summed E-state index contributed by atoms with van der Waals surface area (Å²) in [5, 5.41) is 0. The first-order chi connectivity index (χ1) is 6.83. The van der Waals surface area contributed by atoms with Gasteiger partial charge >= 0.3 is 5.97 Å². The minimum atomic E-state index is -0.350. The number of benzene rings is 1.